The monoisotopic (exact) mass is 380 g/mol. The lowest BCUT2D eigenvalue weighted by molar-refractivity contribution is 0.102. The maximum Gasteiger partial charge on any atom is 0.257 e. The first-order chi connectivity index (χ1) is 13.7. The van der Waals surface area contributed by atoms with Crippen molar-refractivity contribution in [3.8, 4) is 0 Å². The van der Waals surface area contributed by atoms with Crippen LogP contribution in [0.5, 0.6) is 0 Å². The Kier molecular flexibility index (Phi) is 7.29. The predicted molar refractivity (Wildman–Crippen MR) is 117 cm³/mol. The van der Waals surface area contributed by atoms with E-state index in [1.54, 1.807) is 12.4 Å². The lowest BCUT2D eigenvalue weighted by Crippen LogP contribution is -2.32. The summed E-state index contributed by atoms with van der Waals surface area (Å²) >= 11 is 0. The smallest absolute Gasteiger partial charge is 0.257 e. The highest BCUT2D eigenvalue weighted by atomic mass is 16.1. The standard InChI is InChI=1S/C23H32N4O/c1-3-4-5-12-25-21-15-19(16-24-17-21)23(28)26-20-6-8-22(9-7-20)27-13-10-18(2)11-14-27/h6-9,15-18,25H,3-5,10-14H2,1-2H3,(H,26,28). The normalized spacial score (nSPS) is 14.7. The van der Waals surface area contributed by atoms with E-state index >= 15 is 0 Å². The number of nitrogens with one attached hydrogen (secondary N) is 2. The van der Waals surface area contributed by atoms with Gasteiger partial charge in [-0.05, 0) is 55.5 Å². The summed E-state index contributed by atoms with van der Waals surface area (Å²) in [5, 5.41) is 6.31. The summed E-state index contributed by atoms with van der Waals surface area (Å²) in [6, 6.07) is 10.00. The summed E-state index contributed by atoms with van der Waals surface area (Å²) in [5.41, 5.74) is 3.48. The van der Waals surface area contributed by atoms with Crippen LogP contribution in [0.15, 0.2) is 42.7 Å². The maximum atomic E-state index is 12.6. The minimum Gasteiger partial charge on any atom is -0.384 e. The molecule has 0 atom stereocenters. The van der Waals surface area contributed by atoms with Crippen molar-refractivity contribution < 1.29 is 4.79 Å². The Labute approximate surface area is 168 Å². The van der Waals surface area contributed by atoms with Crippen molar-refractivity contribution in [2.75, 3.05) is 35.2 Å². The van der Waals surface area contributed by atoms with Gasteiger partial charge in [0.05, 0.1) is 11.3 Å². The van der Waals surface area contributed by atoms with Gasteiger partial charge in [0, 0.05) is 43.4 Å². The molecule has 5 nitrogen and oxygen atoms in total. The number of piperidine rings is 1. The first-order valence-corrected chi connectivity index (χ1v) is 10.5. The Balaban J connectivity index is 1.55. The van der Waals surface area contributed by atoms with Gasteiger partial charge in [0.1, 0.15) is 0 Å². The van der Waals surface area contributed by atoms with Crippen LogP contribution in [0.2, 0.25) is 0 Å². The number of anilines is 3. The Morgan fingerprint density at radius 3 is 2.57 bits per heavy atom. The molecule has 28 heavy (non-hydrogen) atoms. The fourth-order valence-electron chi connectivity index (χ4n) is 3.49. The molecule has 5 heteroatoms. The topological polar surface area (TPSA) is 57.3 Å². The number of hydrogen-bond donors (Lipinski definition) is 2. The van der Waals surface area contributed by atoms with Crippen LogP contribution in [0.3, 0.4) is 0 Å². The van der Waals surface area contributed by atoms with Crippen LogP contribution in [0.25, 0.3) is 0 Å². The molecule has 0 bridgehead atoms. The molecule has 1 aliphatic rings. The molecule has 2 aromatic rings. The zero-order chi connectivity index (χ0) is 19.8. The van der Waals surface area contributed by atoms with E-state index in [9.17, 15) is 4.79 Å². The van der Waals surface area contributed by atoms with Crippen LogP contribution in [0.1, 0.15) is 56.3 Å². The van der Waals surface area contributed by atoms with Crippen molar-refractivity contribution in [1.82, 2.24) is 4.98 Å². The van der Waals surface area contributed by atoms with Gasteiger partial charge in [0.15, 0.2) is 0 Å². The van der Waals surface area contributed by atoms with E-state index < -0.39 is 0 Å². The zero-order valence-corrected chi connectivity index (χ0v) is 17.1. The Morgan fingerprint density at radius 1 is 1.11 bits per heavy atom. The SMILES string of the molecule is CCCCCNc1cncc(C(=O)Nc2ccc(N3CCC(C)CC3)cc2)c1. The molecule has 1 aliphatic heterocycles. The van der Waals surface area contributed by atoms with Gasteiger partial charge in [-0.25, -0.2) is 0 Å². The van der Waals surface area contributed by atoms with Gasteiger partial charge in [-0.1, -0.05) is 26.7 Å². The molecule has 1 fully saturated rings. The van der Waals surface area contributed by atoms with E-state index in [-0.39, 0.29) is 5.91 Å². The molecular formula is C23H32N4O. The number of pyridine rings is 1. The second kappa shape index (κ2) is 10.1. The third kappa shape index (κ3) is 5.72. The van der Waals surface area contributed by atoms with Crippen LogP contribution in [0, 0.1) is 5.92 Å². The quantitative estimate of drug-likeness (QED) is 0.620. The second-order valence-corrected chi connectivity index (χ2v) is 7.77. The molecule has 3 rings (SSSR count). The molecule has 1 saturated heterocycles. The van der Waals surface area contributed by atoms with Crippen LogP contribution in [-0.4, -0.2) is 30.5 Å². The highest BCUT2D eigenvalue weighted by molar-refractivity contribution is 6.04. The summed E-state index contributed by atoms with van der Waals surface area (Å²) in [6.07, 6.45) is 9.37. The summed E-state index contributed by atoms with van der Waals surface area (Å²) in [4.78, 5) is 19.2. The van der Waals surface area contributed by atoms with E-state index in [0.717, 1.165) is 43.3 Å². The number of hydrogen-bond acceptors (Lipinski definition) is 4. The minimum absolute atomic E-state index is 0.135. The van der Waals surface area contributed by atoms with Crippen LogP contribution >= 0.6 is 0 Å². The van der Waals surface area contributed by atoms with E-state index in [4.69, 9.17) is 0 Å². The number of unbranched alkanes of at least 4 members (excludes halogenated alkanes) is 2. The van der Waals surface area contributed by atoms with Crippen molar-refractivity contribution in [2.45, 2.75) is 46.0 Å². The lowest BCUT2D eigenvalue weighted by Gasteiger charge is -2.32. The molecule has 0 aliphatic carbocycles. The van der Waals surface area contributed by atoms with Gasteiger partial charge in [-0.3, -0.25) is 9.78 Å². The van der Waals surface area contributed by atoms with Crippen LogP contribution in [-0.2, 0) is 0 Å². The van der Waals surface area contributed by atoms with E-state index in [2.05, 4.69) is 46.5 Å². The second-order valence-electron chi connectivity index (χ2n) is 7.77. The summed E-state index contributed by atoms with van der Waals surface area (Å²) in [7, 11) is 0. The first-order valence-electron chi connectivity index (χ1n) is 10.5. The molecular weight excluding hydrogens is 348 g/mol. The minimum atomic E-state index is -0.135. The van der Waals surface area contributed by atoms with E-state index in [0.29, 0.717) is 5.56 Å². The average Bonchev–Trinajstić information content (AvgIpc) is 2.73. The number of amides is 1. The molecule has 0 spiro atoms. The zero-order valence-electron chi connectivity index (χ0n) is 17.1. The lowest BCUT2D eigenvalue weighted by atomic mass is 9.99. The fraction of sp³-hybridized carbons (Fsp3) is 0.478. The summed E-state index contributed by atoms with van der Waals surface area (Å²) < 4.78 is 0. The largest absolute Gasteiger partial charge is 0.384 e. The highest BCUT2D eigenvalue weighted by Gasteiger charge is 2.16. The Morgan fingerprint density at radius 2 is 1.86 bits per heavy atom. The van der Waals surface area contributed by atoms with Gasteiger partial charge in [-0.15, -0.1) is 0 Å². The van der Waals surface area contributed by atoms with Gasteiger partial charge in [-0.2, -0.15) is 0 Å². The van der Waals surface area contributed by atoms with E-state index in [1.165, 1.54) is 31.4 Å². The Hall–Kier alpha value is -2.56. The van der Waals surface area contributed by atoms with Crippen LogP contribution < -0.4 is 15.5 Å². The number of carbonyl (C=O) groups excluding carboxylic acids is 1. The molecule has 1 aromatic carbocycles. The highest BCUT2D eigenvalue weighted by Crippen LogP contribution is 2.24. The molecule has 2 N–H and O–H groups in total. The third-order valence-electron chi connectivity index (χ3n) is 5.38. The number of benzene rings is 1. The molecule has 0 radical (unpaired) electrons. The molecule has 0 unspecified atom stereocenters. The summed E-state index contributed by atoms with van der Waals surface area (Å²) in [5.74, 6) is 0.685. The number of rotatable bonds is 8. The van der Waals surface area contributed by atoms with Crippen molar-refractivity contribution in [1.29, 1.82) is 0 Å². The van der Waals surface area contributed by atoms with Gasteiger partial charge in [0.25, 0.3) is 5.91 Å². The van der Waals surface area contributed by atoms with Crippen LogP contribution in [0.4, 0.5) is 17.1 Å². The van der Waals surface area contributed by atoms with Crippen molar-refractivity contribution in [2.24, 2.45) is 5.92 Å². The fourth-order valence-corrected chi connectivity index (χ4v) is 3.49. The summed E-state index contributed by atoms with van der Waals surface area (Å²) in [6.45, 7) is 7.62. The first kappa shape index (κ1) is 20.2. The maximum absolute atomic E-state index is 12.6. The molecule has 0 saturated carbocycles. The molecule has 1 aromatic heterocycles. The average molecular weight is 381 g/mol. The predicted octanol–water partition coefficient (Wildman–Crippen LogP) is 5.17. The van der Waals surface area contributed by atoms with Gasteiger partial charge >= 0.3 is 0 Å². The molecule has 150 valence electrons. The molecule has 1 amide bonds. The number of carbonyl (C=O) groups is 1. The number of nitrogens with zero attached hydrogens (tertiary/aromatic N) is 2. The van der Waals surface area contributed by atoms with Crippen molar-refractivity contribution in [3.63, 3.8) is 0 Å². The Bertz CT molecular complexity index is 751. The van der Waals surface area contributed by atoms with Crippen molar-refractivity contribution >= 4 is 23.0 Å². The third-order valence-corrected chi connectivity index (χ3v) is 5.38. The van der Waals surface area contributed by atoms with Crippen molar-refractivity contribution in [3.05, 3.63) is 48.3 Å². The van der Waals surface area contributed by atoms with Gasteiger partial charge in [0.2, 0.25) is 0 Å². The van der Waals surface area contributed by atoms with E-state index in [1.807, 2.05) is 18.2 Å². The van der Waals surface area contributed by atoms with Gasteiger partial charge < -0.3 is 15.5 Å². The number of aromatic nitrogens is 1. The molecule has 2 heterocycles.